The molecule has 2 N–H and O–H groups in total. The number of thioether (sulfide) groups is 1. The molecule has 8 aliphatic rings. The van der Waals surface area contributed by atoms with E-state index in [2.05, 4.69) is 34.1 Å². The molecule has 1 amide bonds. The van der Waals surface area contributed by atoms with Crippen molar-refractivity contribution >= 4 is 41.7 Å². The van der Waals surface area contributed by atoms with Gasteiger partial charge in [0.2, 0.25) is 12.0 Å². The summed E-state index contributed by atoms with van der Waals surface area (Å²) in [6.07, 6.45) is 9.53. The molecule has 0 aromatic heterocycles. The molecular weight excluding hydrogens is 902 g/mol. The van der Waals surface area contributed by atoms with Gasteiger partial charge >= 0.3 is 17.9 Å². The van der Waals surface area contributed by atoms with Crippen LogP contribution < -0.4 is 0 Å². The zero-order valence-electron chi connectivity index (χ0n) is 40.4. The Hall–Kier alpha value is -4.64. The third-order valence-corrected chi connectivity index (χ3v) is 18.7. The van der Waals surface area contributed by atoms with Gasteiger partial charge in [0.25, 0.3) is 0 Å². The van der Waals surface area contributed by atoms with Crippen molar-refractivity contribution < 1.29 is 52.7 Å². The number of halogens is 1. The largest absolute Gasteiger partial charge is 0.468 e. The molecule has 3 saturated heterocycles. The van der Waals surface area contributed by atoms with Gasteiger partial charge in [0.1, 0.15) is 5.82 Å². The number of carbonyl (C=O) groups is 4. The highest BCUT2D eigenvalue weighted by Crippen LogP contribution is 2.71. The Morgan fingerprint density at radius 3 is 2.45 bits per heavy atom. The van der Waals surface area contributed by atoms with Crippen molar-refractivity contribution in [3.8, 4) is 0 Å². The number of ether oxygens (including phenoxy) is 4. The number of hydrogen-bond donors (Lipinski definition) is 2. The van der Waals surface area contributed by atoms with Gasteiger partial charge in [-0.3, -0.25) is 24.2 Å². The fourth-order valence-electron chi connectivity index (χ4n) is 15.1. The molecule has 2 bridgehead atoms. The second-order valence-corrected chi connectivity index (χ2v) is 21.8. The van der Waals surface area contributed by atoms with Crippen LogP contribution in [0.5, 0.6) is 0 Å². The number of likely N-dealkylation sites (tertiary alicyclic amines) is 1. The number of methoxy groups -OCH3 is 3. The molecule has 3 unspecified atom stereocenters. The number of benzene rings is 2. The van der Waals surface area contributed by atoms with Crippen molar-refractivity contribution in [2.24, 2.45) is 28.1 Å². The van der Waals surface area contributed by atoms with Gasteiger partial charge in [0.15, 0.2) is 6.10 Å². The number of hydrogen-bond acceptors (Lipinski definition) is 13. The van der Waals surface area contributed by atoms with Gasteiger partial charge in [-0.25, -0.2) is 9.18 Å². The molecule has 368 valence electrons. The van der Waals surface area contributed by atoms with Gasteiger partial charge in [-0.2, -0.15) is 0 Å². The number of rotatable bonds is 11. The van der Waals surface area contributed by atoms with Crippen molar-refractivity contribution in [1.29, 1.82) is 0 Å². The van der Waals surface area contributed by atoms with Crippen LogP contribution in [0.3, 0.4) is 0 Å². The molecule has 2 aromatic carbocycles. The number of fused-ring (bicyclic) bond motifs is 5. The Bertz CT molecular complexity index is 2600. The molecule has 15 heteroatoms. The summed E-state index contributed by atoms with van der Waals surface area (Å²) in [4.78, 5) is 64.3. The van der Waals surface area contributed by atoms with Crippen LogP contribution in [0.15, 0.2) is 88.5 Å². The number of amides is 1. The van der Waals surface area contributed by atoms with E-state index >= 15 is 4.79 Å². The van der Waals surface area contributed by atoms with Crippen LogP contribution in [-0.2, 0) is 50.3 Å². The van der Waals surface area contributed by atoms with Gasteiger partial charge in [0.05, 0.1) is 37.4 Å². The smallest absolute Gasteiger partial charge is 0.344 e. The number of aliphatic hydroxyl groups is 2. The Kier molecular flexibility index (Phi) is 12.2. The second kappa shape index (κ2) is 17.6. The minimum absolute atomic E-state index is 0.144. The van der Waals surface area contributed by atoms with Gasteiger partial charge in [-0.1, -0.05) is 56.3 Å². The predicted molar refractivity (Wildman–Crippen MR) is 255 cm³/mol. The summed E-state index contributed by atoms with van der Waals surface area (Å²) in [7, 11) is 4.19. The molecule has 13 nitrogen and oxygen atoms in total. The minimum atomic E-state index is -2.54. The first kappa shape index (κ1) is 48.0. The third kappa shape index (κ3) is 6.94. The molecule has 3 aliphatic carbocycles. The lowest BCUT2D eigenvalue weighted by atomic mass is 9.47. The molecule has 2 aromatic rings. The molecule has 0 radical (unpaired) electrons. The highest BCUT2D eigenvalue weighted by Gasteiger charge is 2.82. The standard InChI is InChI=1S/C54H64FN3O10S/c1-7-50(63)26-33-27-53(48(61)66-5,39-22-34-14-15-36(69-29-35-12-9-10-13-42(35)55)23-38(34)37(39)16-20-56(28-33)30-50)41-24-40-43(25-44(41)65-4)58(31-59)46-52(40)18-21-57-19-11-17-51(8-2,45(52)57)47(68-32(3)60)54(46,64)49(62)67-6/h9-15,17,23-25,31,33,41,44-47,63-64H,7-8,16,18-22,26-30H2,1-6H3/t33-,41?,44?,45+,46-,47-,50+,51-,52-,53-,54+/m1/s1. The summed E-state index contributed by atoms with van der Waals surface area (Å²) in [6, 6.07) is 11.4. The predicted octanol–water partition coefficient (Wildman–Crippen LogP) is 6.02. The first-order valence-electron chi connectivity index (χ1n) is 24.5. The van der Waals surface area contributed by atoms with Crippen molar-refractivity contribution in [3.05, 3.63) is 106 Å². The maximum absolute atomic E-state index is 15.7. The highest BCUT2D eigenvalue weighted by atomic mass is 32.2. The number of piperidine rings is 1. The highest BCUT2D eigenvalue weighted by molar-refractivity contribution is 7.98. The van der Waals surface area contributed by atoms with E-state index in [0.717, 1.165) is 27.2 Å². The SMILES string of the molecule is CC[C@]1(O)C[C@H]2CN(CCC3=C(Cc4ccc(SCc5ccccc5F)cc43)[C@@](C(=O)OC)(C3C=C4C(=CC3OC)N(C=O)[C@H]3[C@@](O)(C(=O)OC)[C@H](OC(C)=O)[C@]5(CC)C=CCN6CC[C@]43[C@@H]65)C2)C1. The molecule has 5 aliphatic heterocycles. The lowest BCUT2D eigenvalue weighted by Crippen LogP contribution is -2.80. The van der Waals surface area contributed by atoms with E-state index in [0.29, 0.717) is 107 Å². The number of esters is 3. The lowest BCUT2D eigenvalue weighted by molar-refractivity contribution is -0.242. The van der Waals surface area contributed by atoms with Gasteiger partial charge in [-0.05, 0) is 115 Å². The zero-order valence-corrected chi connectivity index (χ0v) is 41.2. The summed E-state index contributed by atoms with van der Waals surface area (Å²) in [5.41, 5.74) is -1.32. The van der Waals surface area contributed by atoms with Crippen LogP contribution >= 0.6 is 11.8 Å². The molecule has 12 atom stereocenters. The minimum Gasteiger partial charge on any atom is -0.468 e. The zero-order chi connectivity index (χ0) is 48.8. The van der Waals surface area contributed by atoms with E-state index in [1.165, 1.54) is 32.1 Å². The van der Waals surface area contributed by atoms with Crippen molar-refractivity contribution in [1.82, 2.24) is 14.7 Å². The normalized spacial score (nSPS) is 37.4. The third-order valence-electron chi connectivity index (χ3n) is 17.7. The van der Waals surface area contributed by atoms with Gasteiger partial charge in [-0.15, -0.1) is 11.8 Å². The van der Waals surface area contributed by atoms with E-state index in [-0.39, 0.29) is 11.7 Å². The van der Waals surface area contributed by atoms with Crippen LogP contribution in [0.25, 0.3) is 5.57 Å². The molecule has 10 rings (SSSR count). The average molecular weight is 966 g/mol. The monoisotopic (exact) mass is 965 g/mol. The molecule has 5 heterocycles. The average Bonchev–Trinajstić information content (AvgIpc) is 4.02. The van der Waals surface area contributed by atoms with Crippen LogP contribution in [0, 0.1) is 33.9 Å². The topological polar surface area (TPSA) is 155 Å². The Balaban J connectivity index is 1.20. The molecular formula is C54H64FN3O10S. The van der Waals surface area contributed by atoms with Crippen LogP contribution in [-0.4, -0.2) is 139 Å². The van der Waals surface area contributed by atoms with E-state index in [1.807, 2.05) is 38.1 Å². The lowest BCUT2D eigenvalue weighted by Gasteiger charge is -2.63. The van der Waals surface area contributed by atoms with E-state index in [9.17, 15) is 29.0 Å². The van der Waals surface area contributed by atoms with Crippen molar-refractivity contribution in [2.45, 2.75) is 112 Å². The number of carbonyl (C=O) groups excluding carboxylic acids is 4. The fraction of sp³-hybridized carbons (Fsp3) is 0.556. The Morgan fingerprint density at radius 2 is 1.75 bits per heavy atom. The summed E-state index contributed by atoms with van der Waals surface area (Å²) in [6.45, 7) is 8.14. The Morgan fingerprint density at radius 1 is 0.971 bits per heavy atom. The maximum Gasteiger partial charge on any atom is 0.344 e. The van der Waals surface area contributed by atoms with E-state index in [1.54, 1.807) is 31.0 Å². The first-order valence-corrected chi connectivity index (χ1v) is 25.5. The van der Waals surface area contributed by atoms with Gasteiger partial charge < -0.3 is 34.1 Å². The van der Waals surface area contributed by atoms with Gasteiger partial charge in [0, 0.05) is 79.3 Å². The molecule has 4 fully saturated rings. The maximum atomic E-state index is 15.7. The molecule has 69 heavy (non-hydrogen) atoms. The first-order chi connectivity index (χ1) is 33.1. The van der Waals surface area contributed by atoms with Crippen molar-refractivity contribution in [3.63, 3.8) is 0 Å². The summed E-state index contributed by atoms with van der Waals surface area (Å²) >= 11 is 1.56. The quantitative estimate of drug-likeness (QED) is 0.0889. The molecule has 1 saturated carbocycles. The number of allylic oxidation sites excluding steroid dienone is 1. The van der Waals surface area contributed by atoms with Crippen LogP contribution in [0.2, 0.25) is 0 Å². The summed E-state index contributed by atoms with van der Waals surface area (Å²) in [5.74, 6) is -2.84. The van der Waals surface area contributed by atoms with E-state index < -0.39 is 75.6 Å². The summed E-state index contributed by atoms with van der Waals surface area (Å²) in [5, 5.41) is 25.6. The van der Waals surface area contributed by atoms with Crippen LogP contribution in [0.4, 0.5) is 4.39 Å². The Labute approximate surface area is 407 Å². The second-order valence-electron chi connectivity index (χ2n) is 20.8. The number of nitrogens with zero attached hydrogens (tertiary/aromatic N) is 3. The van der Waals surface area contributed by atoms with Crippen LogP contribution in [0.1, 0.15) is 76.0 Å². The fourth-order valence-corrected chi connectivity index (χ4v) is 16.0. The van der Waals surface area contributed by atoms with E-state index in [4.69, 9.17) is 18.9 Å². The molecule has 1 spiro atoms. The summed E-state index contributed by atoms with van der Waals surface area (Å²) < 4.78 is 39.0. The van der Waals surface area contributed by atoms with Crippen molar-refractivity contribution in [2.75, 3.05) is 54.1 Å².